The number of hydrogen-bond donors (Lipinski definition) is 1. The molecule has 5 nitrogen and oxygen atoms in total. The van der Waals surface area contributed by atoms with Crippen LogP contribution in [0.25, 0.3) is 5.57 Å². The van der Waals surface area contributed by atoms with Gasteiger partial charge in [0.2, 0.25) is 0 Å². The first-order valence-electron chi connectivity index (χ1n) is 8.83. The number of benzene rings is 3. The van der Waals surface area contributed by atoms with E-state index >= 15 is 0 Å². The van der Waals surface area contributed by atoms with E-state index in [4.69, 9.17) is 4.74 Å². The van der Waals surface area contributed by atoms with Crippen molar-refractivity contribution in [3.05, 3.63) is 96.2 Å². The van der Waals surface area contributed by atoms with E-state index in [9.17, 15) is 9.59 Å². The molecule has 0 aliphatic carbocycles. The molecule has 5 heteroatoms. The number of amides is 2. The van der Waals surface area contributed by atoms with Crippen molar-refractivity contribution in [3.63, 3.8) is 0 Å². The summed E-state index contributed by atoms with van der Waals surface area (Å²) in [6, 6.07) is 25.4. The Kier molecular flexibility index (Phi) is 4.64. The number of carbonyl (C=O) groups excluding carboxylic acids is 2. The fourth-order valence-electron chi connectivity index (χ4n) is 3.15. The summed E-state index contributed by atoms with van der Waals surface area (Å²) in [7, 11) is 1.57. The third-order valence-electron chi connectivity index (χ3n) is 4.52. The molecule has 138 valence electrons. The minimum Gasteiger partial charge on any atom is -0.497 e. The van der Waals surface area contributed by atoms with Crippen molar-refractivity contribution in [3.8, 4) is 5.75 Å². The molecule has 0 aromatic heterocycles. The van der Waals surface area contributed by atoms with E-state index in [0.29, 0.717) is 22.6 Å². The number of para-hydroxylation sites is 1. The molecular weight excluding hydrogens is 352 g/mol. The Morgan fingerprint density at radius 2 is 1.36 bits per heavy atom. The van der Waals surface area contributed by atoms with Crippen LogP contribution in [-0.4, -0.2) is 18.9 Å². The van der Waals surface area contributed by atoms with Crippen LogP contribution in [0.1, 0.15) is 5.56 Å². The molecule has 3 aromatic rings. The van der Waals surface area contributed by atoms with Crippen LogP contribution >= 0.6 is 0 Å². The van der Waals surface area contributed by atoms with Gasteiger partial charge in [-0.3, -0.25) is 9.59 Å². The minimum atomic E-state index is -0.391. The van der Waals surface area contributed by atoms with Gasteiger partial charge in [0.1, 0.15) is 11.4 Å². The summed E-state index contributed by atoms with van der Waals surface area (Å²) in [5.41, 5.74) is 2.54. The number of imide groups is 1. The second kappa shape index (κ2) is 7.40. The zero-order chi connectivity index (χ0) is 19.5. The van der Waals surface area contributed by atoms with Crippen LogP contribution in [-0.2, 0) is 9.59 Å². The number of methoxy groups -OCH3 is 1. The van der Waals surface area contributed by atoms with E-state index in [2.05, 4.69) is 5.32 Å². The van der Waals surface area contributed by atoms with Crippen LogP contribution in [0, 0.1) is 0 Å². The monoisotopic (exact) mass is 370 g/mol. The molecule has 0 bridgehead atoms. The maximum absolute atomic E-state index is 13.2. The molecule has 0 unspecified atom stereocenters. The van der Waals surface area contributed by atoms with Crippen LogP contribution in [0.2, 0.25) is 0 Å². The molecule has 2 amide bonds. The Hall–Kier alpha value is -3.86. The van der Waals surface area contributed by atoms with Gasteiger partial charge in [-0.15, -0.1) is 0 Å². The van der Waals surface area contributed by atoms with E-state index in [1.807, 2.05) is 60.7 Å². The molecule has 0 fully saturated rings. The van der Waals surface area contributed by atoms with Crippen molar-refractivity contribution in [1.29, 1.82) is 0 Å². The van der Waals surface area contributed by atoms with Crippen molar-refractivity contribution in [1.82, 2.24) is 0 Å². The van der Waals surface area contributed by atoms with Crippen LogP contribution in [0.4, 0.5) is 11.4 Å². The molecule has 0 saturated carbocycles. The molecule has 28 heavy (non-hydrogen) atoms. The number of ether oxygens (including phenoxy) is 1. The third kappa shape index (κ3) is 3.14. The molecule has 1 aliphatic heterocycles. The SMILES string of the molecule is COc1ccc(N2C(=O)C(Nc3ccccc3)=C(c3ccccc3)C2=O)cc1. The topological polar surface area (TPSA) is 58.6 Å². The van der Waals surface area contributed by atoms with Gasteiger partial charge in [0.15, 0.2) is 0 Å². The first-order chi connectivity index (χ1) is 13.7. The van der Waals surface area contributed by atoms with Gasteiger partial charge in [0.25, 0.3) is 11.8 Å². The Balaban J connectivity index is 1.78. The summed E-state index contributed by atoms with van der Waals surface area (Å²) >= 11 is 0. The number of nitrogens with zero attached hydrogens (tertiary/aromatic N) is 1. The highest BCUT2D eigenvalue weighted by Crippen LogP contribution is 2.34. The quantitative estimate of drug-likeness (QED) is 0.687. The Morgan fingerprint density at radius 3 is 1.96 bits per heavy atom. The van der Waals surface area contributed by atoms with E-state index in [0.717, 1.165) is 5.69 Å². The summed E-state index contributed by atoms with van der Waals surface area (Å²) < 4.78 is 5.16. The molecule has 0 spiro atoms. The lowest BCUT2D eigenvalue weighted by Gasteiger charge is -2.15. The van der Waals surface area contributed by atoms with Gasteiger partial charge < -0.3 is 10.1 Å². The third-order valence-corrected chi connectivity index (χ3v) is 4.52. The maximum Gasteiger partial charge on any atom is 0.282 e. The van der Waals surface area contributed by atoms with Crippen molar-refractivity contribution < 1.29 is 14.3 Å². The lowest BCUT2D eigenvalue weighted by molar-refractivity contribution is -0.120. The number of carbonyl (C=O) groups is 2. The van der Waals surface area contributed by atoms with Crippen LogP contribution in [0.5, 0.6) is 5.75 Å². The average molecular weight is 370 g/mol. The number of anilines is 2. The molecule has 1 heterocycles. The van der Waals surface area contributed by atoms with Gasteiger partial charge in [-0.05, 0) is 42.0 Å². The van der Waals surface area contributed by atoms with E-state index < -0.39 is 5.91 Å². The second-order valence-electron chi connectivity index (χ2n) is 6.25. The van der Waals surface area contributed by atoms with Gasteiger partial charge in [-0.1, -0.05) is 48.5 Å². The van der Waals surface area contributed by atoms with Gasteiger partial charge in [0, 0.05) is 5.69 Å². The summed E-state index contributed by atoms with van der Waals surface area (Å²) in [5, 5.41) is 3.13. The van der Waals surface area contributed by atoms with E-state index in [-0.39, 0.29) is 11.6 Å². The molecular formula is C23H18N2O3. The highest BCUT2D eigenvalue weighted by molar-refractivity contribution is 6.46. The maximum atomic E-state index is 13.2. The number of rotatable bonds is 5. The Labute approximate surface area is 162 Å². The summed E-state index contributed by atoms with van der Waals surface area (Å²) in [6.07, 6.45) is 0. The van der Waals surface area contributed by atoms with Crippen molar-refractivity contribution >= 4 is 28.8 Å². The van der Waals surface area contributed by atoms with E-state index in [1.165, 1.54) is 4.90 Å². The van der Waals surface area contributed by atoms with Crippen molar-refractivity contribution in [2.24, 2.45) is 0 Å². The fraction of sp³-hybridized carbons (Fsp3) is 0.0435. The molecule has 0 saturated heterocycles. The summed E-state index contributed by atoms with van der Waals surface area (Å²) in [4.78, 5) is 27.6. The predicted octanol–water partition coefficient (Wildman–Crippen LogP) is 4.09. The molecule has 1 N–H and O–H groups in total. The molecule has 1 aliphatic rings. The number of hydrogen-bond acceptors (Lipinski definition) is 4. The highest BCUT2D eigenvalue weighted by Gasteiger charge is 2.40. The van der Waals surface area contributed by atoms with Gasteiger partial charge >= 0.3 is 0 Å². The largest absolute Gasteiger partial charge is 0.497 e. The summed E-state index contributed by atoms with van der Waals surface area (Å²) in [6.45, 7) is 0. The lowest BCUT2D eigenvalue weighted by atomic mass is 10.0. The zero-order valence-electron chi connectivity index (χ0n) is 15.3. The molecule has 4 rings (SSSR count). The Bertz CT molecular complexity index is 1040. The summed E-state index contributed by atoms with van der Waals surface area (Å²) in [5.74, 6) is -0.0978. The van der Waals surface area contributed by atoms with Crippen LogP contribution in [0.15, 0.2) is 90.6 Å². The van der Waals surface area contributed by atoms with Crippen LogP contribution in [0.3, 0.4) is 0 Å². The lowest BCUT2D eigenvalue weighted by Crippen LogP contribution is -2.32. The molecule has 0 radical (unpaired) electrons. The van der Waals surface area contributed by atoms with E-state index in [1.54, 1.807) is 31.4 Å². The molecule has 3 aromatic carbocycles. The predicted molar refractivity (Wildman–Crippen MR) is 109 cm³/mol. The number of nitrogens with one attached hydrogen (secondary N) is 1. The Morgan fingerprint density at radius 1 is 0.750 bits per heavy atom. The first kappa shape index (κ1) is 17.5. The van der Waals surface area contributed by atoms with Crippen molar-refractivity contribution in [2.45, 2.75) is 0 Å². The standard InChI is InChI=1S/C23H18N2O3/c1-28-19-14-12-18(13-15-19)25-22(26)20(16-8-4-2-5-9-16)21(23(25)27)24-17-10-6-3-7-11-17/h2-15,24H,1H3. The minimum absolute atomic E-state index is 0.262. The normalized spacial score (nSPS) is 13.8. The second-order valence-corrected chi connectivity index (χ2v) is 6.25. The molecule has 0 atom stereocenters. The van der Waals surface area contributed by atoms with Crippen LogP contribution < -0.4 is 15.0 Å². The van der Waals surface area contributed by atoms with Gasteiger partial charge in [0.05, 0.1) is 18.4 Å². The zero-order valence-corrected chi connectivity index (χ0v) is 15.3. The van der Waals surface area contributed by atoms with Gasteiger partial charge in [-0.25, -0.2) is 4.90 Å². The van der Waals surface area contributed by atoms with Gasteiger partial charge in [-0.2, -0.15) is 0 Å². The highest BCUT2D eigenvalue weighted by atomic mass is 16.5. The smallest absolute Gasteiger partial charge is 0.282 e. The average Bonchev–Trinajstić information content (AvgIpc) is 2.99. The van der Waals surface area contributed by atoms with Crippen molar-refractivity contribution in [2.75, 3.05) is 17.3 Å². The first-order valence-corrected chi connectivity index (χ1v) is 8.83. The fourth-order valence-corrected chi connectivity index (χ4v) is 3.15.